The van der Waals surface area contributed by atoms with Crippen molar-refractivity contribution in [3.63, 3.8) is 0 Å². The van der Waals surface area contributed by atoms with Crippen molar-refractivity contribution in [2.24, 2.45) is 5.92 Å². The fraction of sp³-hybridized carbons (Fsp3) is 0.842. The van der Waals surface area contributed by atoms with Crippen LogP contribution < -0.4 is 0 Å². The van der Waals surface area contributed by atoms with Gasteiger partial charge in [-0.2, -0.15) is 0 Å². The number of β-lactam (4-membered cyclic amide) rings is 1. The molecule has 0 aromatic carbocycles. The molecule has 0 bridgehead atoms. The van der Waals surface area contributed by atoms with Crippen LogP contribution in [0.3, 0.4) is 0 Å². The molecule has 0 saturated carbocycles. The largest absolute Gasteiger partial charge is 0.458 e. The minimum absolute atomic E-state index is 0.0400. The first-order valence-corrected chi connectivity index (χ1v) is 12.2. The Labute approximate surface area is 157 Å². The Hall–Kier alpha value is -1.21. The van der Waals surface area contributed by atoms with Gasteiger partial charge in [0.1, 0.15) is 5.60 Å². The molecule has 0 aromatic heterocycles. The van der Waals surface area contributed by atoms with Crippen molar-refractivity contribution in [2.75, 3.05) is 0 Å². The van der Waals surface area contributed by atoms with Crippen molar-refractivity contribution in [1.82, 2.24) is 4.90 Å². The highest BCUT2D eigenvalue weighted by atomic mass is 28.4. The molecule has 4 atom stereocenters. The maximum atomic E-state index is 12.7. The van der Waals surface area contributed by atoms with Gasteiger partial charge >= 0.3 is 5.97 Å². The third-order valence-corrected chi connectivity index (χ3v) is 10.3. The number of hydrogen-bond acceptors (Lipinski definition) is 5. The summed E-state index contributed by atoms with van der Waals surface area (Å²) in [6.45, 7) is 17.9. The van der Waals surface area contributed by atoms with E-state index in [0.29, 0.717) is 0 Å². The van der Waals surface area contributed by atoms with Crippen molar-refractivity contribution in [3.8, 4) is 0 Å². The van der Waals surface area contributed by atoms with E-state index in [4.69, 9.17) is 9.16 Å². The van der Waals surface area contributed by atoms with Gasteiger partial charge in [-0.25, -0.2) is 4.79 Å². The SMILES string of the molecule is CC(O[Si](C)(C)C(C)(C)C)[C@H]1C(=O)N2C(C(=O)OC(C)(C)C)C(=O)C[C@H]12. The number of Topliss-reactive ketones (excluding diaryl/α,β-unsaturated/α-hetero) is 1. The molecule has 2 saturated heterocycles. The molecule has 148 valence electrons. The molecule has 2 rings (SSSR count). The molecule has 26 heavy (non-hydrogen) atoms. The first kappa shape index (κ1) is 21.1. The van der Waals surface area contributed by atoms with E-state index >= 15 is 0 Å². The Morgan fingerprint density at radius 1 is 1.15 bits per heavy atom. The second-order valence-corrected chi connectivity index (χ2v) is 14.8. The molecule has 0 aromatic rings. The van der Waals surface area contributed by atoms with Crippen LogP contribution in [0, 0.1) is 5.92 Å². The highest BCUT2D eigenvalue weighted by Gasteiger charge is 2.62. The number of esters is 1. The first-order chi connectivity index (χ1) is 11.6. The second-order valence-electron chi connectivity index (χ2n) is 10.0. The van der Waals surface area contributed by atoms with Crippen LogP contribution in [0.15, 0.2) is 0 Å². The Morgan fingerprint density at radius 3 is 2.15 bits per heavy atom. The van der Waals surface area contributed by atoms with Crippen molar-refractivity contribution in [2.45, 2.75) is 96.8 Å². The lowest BCUT2D eigenvalue weighted by molar-refractivity contribution is -0.176. The normalized spacial score (nSPS) is 27.9. The summed E-state index contributed by atoms with van der Waals surface area (Å²) < 4.78 is 11.7. The lowest BCUT2D eigenvalue weighted by atomic mass is 9.84. The molecule has 0 aliphatic carbocycles. The van der Waals surface area contributed by atoms with Crippen molar-refractivity contribution >= 4 is 26.0 Å². The minimum atomic E-state index is -2.02. The number of ether oxygens (including phenoxy) is 1. The van der Waals surface area contributed by atoms with Gasteiger partial charge in [0, 0.05) is 6.42 Å². The van der Waals surface area contributed by atoms with Gasteiger partial charge in [-0.1, -0.05) is 20.8 Å². The summed E-state index contributed by atoms with van der Waals surface area (Å²) >= 11 is 0. The molecule has 2 heterocycles. The van der Waals surface area contributed by atoms with E-state index in [1.165, 1.54) is 4.90 Å². The van der Waals surface area contributed by atoms with E-state index in [-0.39, 0.29) is 41.2 Å². The zero-order valence-electron chi connectivity index (χ0n) is 17.5. The average molecular weight is 384 g/mol. The standard InChI is InChI=1S/C19H33NO5Si/c1-11(25-26(8,9)19(5,6)7)14-12-10-13(21)15(20(12)16(14)22)17(23)24-18(2,3)4/h11-12,14-15H,10H2,1-9H3/t11?,12-,14-,15?/m1/s1. The van der Waals surface area contributed by atoms with E-state index in [1.54, 1.807) is 20.8 Å². The maximum absolute atomic E-state index is 12.7. The molecular formula is C19H33NO5Si. The summed E-state index contributed by atoms with van der Waals surface area (Å²) in [4.78, 5) is 38.9. The lowest BCUT2D eigenvalue weighted by Gasteiger charge is -2.49. The first-order valence-electron chi connectivity index (χ1n) is 9.32. The molecule has 0 N–H and O–H groups in total. The number of amides is 1. The topological polar surface area (TPSA) is 72.9 Å². The van der Waals surface area contributed by atoms with Crippen LogP contribution in [-0.4, -0.2) is 54.7 Å². The van der Waals surface area contributed by atoms with Gasteiger partial charge in [0.25, 0.3) is 0 Å². The summed E-state index contributed by atoms with van der Waals surface area (Å²) in [5.41, 5.74) is -0.693. The molecule has 1 amide bonds. The van der Waals surface area contributed by atoms with Gasteiger partial charge in [0.15, 0.2) is 20.1 Å². The minimum Gasteiger partial charge on any atom is -0.458 e. The number of fused-ring (bicyclic) bond motifs is 1. The fourth-order valence-corrected chi connectivity index (χ4v) is 4.87. The van der Waals surface area contributed by atoms with E-state index < -0.39 is 25.9 Å². The summed E-state index contributed by atoms with van der Waals surface area (Å²) in [5.74, 6) is -1.40. The summed E-state index contributed by atoms with van der Waals surface area (Å²) in [5, 5.41) is 0.0400. The highest BCUT2D eigenvalue weighted by molar-refractivity contribution is 6.74. The molecule has 7 heteroatoms. The fourth-order valence-electron chi connectivity index (χ4n) is 3.44. The predicted octanol–water partition coefficient (Wildman–Crippen LogP) is 2.91. The third kappa shape index (κ3) is 3.74. The van der Waals surface area contributed by atoms with Gasteiger partial charge < -0.3 is 14.1 Å². The molecule has 2 fully saturated rings. The van der Waals surface area contributed by atoms with Crippen LogP contribution in [0.5, 0.6) is 0 Å². The van der Waals surface area contributed by atoms with E-state index in [9.17, 15) is 14.4 Å². The molecule has 0 radical (unpaired) electrons. The molecule has 2 aliphatic rings. The summed E-state index contributed by atoms with van der Waals surface area (Å²) in [6.07, 6.45) is -0.0688. The van der Waals surface area contributed by atoms with Crippen molar-refractivity contribution in [1.29, 1.82) is 0 Å². The van der Waals surface area contributed by atoms with Crippen molar-refractivity contribution < 1.29 is 23.5 Å². The van der Waals surface area contributed by atoms with E-state index in [2.05, 4.69) is 33.9 Å². The molecule has 2 unspecified atom stereocenters. The van der Waals surface area contributed by atoms with Gasteiger partial charge in [-0.3, -0.25) is 9.59 Å². The number of rotatable bonds is 4. The molecule has 2 aliphatic heterocycles. The quantitative estimate of drug-likeness (QED) is 0.323. The van der Waals surface area contributed by atoms with Crippen LogP contribution in [0.25, 0.3) is 0 Å². The van der Waals surface area contributed by atoms with E-state index in [0.717, 1.165) is 0 Å². The van der Waals surface area contributed by atoms with Crippen LogP contribution in [-0.2, 0) is 23.5 Å². The zero-order chi connectivity index (χ0) is 20.2. The van der Waals surface area contributed by atoms with Crippen LogP contribution in [0.4, 0.5) is 0 Å². The average Bonchev–Trinajstić information content (AvgIpc) is 2.68. The van der Waals surface area contributed by atoms with Crippen molar-refractivity contribution in [3.05, 3.63) is 0 Å². The monoisotopic (exact) mass is 383 g/mol. The predicted molar refractivity (Wildman–Crippen MR) is 101 cm³/mol. The van der Waals surface area contributed by atoms with Crippen LogP contribution in [0.2, 0.25) is 18.1 Å². The zero-order valence-corrected chi connectivity index (χ0v) is 18.5. The summed E-state index contributed by atoms with van der Waals surface area (Å²) in [6, 6.07) is -1.35. The Kier molecular flexibility index (Phi) is 5.23. The number of ketones is 1. The highest BCUT2D eigenvalue weighted by Crippen LogP contribution is 2.44. The van der Waals surface area contributed by atoms with Crippen LogP contribution in [0.1, 0.15) is 54.9 Å². The van der Waals surface area contributed by atoms with Gasteiger partial charge in [-0.15, -0.1) is 0 Å². The van der Waals surface area contributed by atoms with Crippen LogP contribution >= 0.6 is 0 Å². The third-order valence-electron chi connectivity index (χ3n) is 5.73. The smallest absolute Gasteiger partial charge is 0.337 e. The van der Waals surface area contributed by atoms with Gasteiger partial charge in [0.05, 0.1) is 18.1 Å². The van der Waals surface area contributed by atoms with Gasteiger partial charge in [-0.05, 0) is 45.8 Å². The number of hydrogen-bond donors (Lipinski definition) is 0. The Bertz CT molecular complexity index is 616. The van der Waals surface area contributed by atoms with Gasteiger partial charge in [0.2, 0.25) is 5.91 Å². The molecular weight excluding hydrogens is 350 g/mol. The Balaban J connectivity index is 2.11. The molecule has 0 spiro atoms. The number of carbonyl (C=O) groups excluding carboxylic acids is 3. The maximum Gasteiger partial charge on any atom is 0.337 e. The van der Waals surface area contributed by atoms with E-state index in [1.807, 2.05) is 6.92 Å². The summed E-state index contributed by atoms with van der Waals surface area (Å²) in [7, 11) is -2.02. The number of carbonyl (C=O) groups is 3. The number of nitrogens with zero attached hydrogens (tertiary/aromatic N) is 1. The second kappa shape index (κ2) is 6.44. The lowest BCUT2D eigenvalue weighted by Crippen LogP contribution is -2.66. The molecule has 6 nitrogen and oxygen atoms in total. The Morgan fingerprint density at radius 2 is 1.69 bits per heavy atom.